The molecule has 5 rings (SSSR count). The Morgan fingerprint density at radius 3 is 2.21 bits per heavy atom. The van der Waals surface area contributed by atoms with Gasteiger partial charge in [0.2, 0.25) is 5.91 Å². The number of rotatable bonds is 7. The highest BCUT2D eigenvalue weighted by Crippen LogP contribution is 2.25. The second-order valence-corrected chi connectivity index (χ2v) is 9.33. The van der Waals surface area contributed by atoms with Crippen molar-refractivity contribution in [1.29, 1.82) is 0 Å². The quantitative estimate of drug-likeness (QED) is 0.240. The van der Waals surface area contributed by atoms with Crippen LogP contribution in [0.1, 0.15) is 35.5 Å². The van der Waals surface area contributed by atoms with Gasteiger partial charge in [0, 0.05) is 12.6 Å². The molecule has 1 unspecified atom stereocenters. The Morgan fingerprint density at radius 1 is 0.868 bits per heavy atom. The van der Waals surface area contributed by atoms with Crippen LogP contribution in [0.25, 0.3) is 22.7 Å². The average Bonchev–Trinajstić information content (AvgIpc) is 2.96. The highest BCUT2D eigenvalue weighted by molar-refractivity contribution is 5.92. The summed E-state index contributed by atoms with van der Waals surface area (Å²) in [6, 6.07) is 34.2. The van der Waals surface area contributed by atoms with E-state index in [0.717, 1.165) is 16.7 Å². The maximum absolute atomic E-state index is 13.8. The molecule has 38 heavy (non-hydrogen) atoms. The van der Waals surface area contributed by atoms with E-state index in [1.54, 1.807) is 21.6 Å². The zero-order valence-corrected chi connectivity index (χ0v) is 21.5. The third kappa shape index (κ3) is 5.32. The molecular weight excluding hydrogens is 470 g/mol. The zero-order valence-electron chi connectivity index (χ0n) is 21.5. The van der Waals surface area contributed by atoms with Gasteiger partial charge in [-0.15, -0.1) is 0 Å². The number of hydrogen-bond donors (Lipinski definition) is 0. The number of amides is 1. The predicted octanol–water partition coefficient (Wildman–Crippen LogP) is 6.50. The number of carbonyl (C=O) groups is 1. The SMILES string of the molecule is Cc1ccc(-n2c(C(C)N(Cc3ccccc3)C(=O)C=Cc3ccccc3)nc3ccccc3c2=O)cc1. The lowest BCUT2D eigenvalue weighted by Crippen LogP contribution is -2.36. The minimum absolute atomic E-state index is 0.159. The van der Waals surface area contributed by atoms with E-state index in [1.165, 1.54) is 0 Å². The number of aryl methyl sites for hydroxylation is 1. The summed E-state index contributed by atoms with van der Waals surface area (Å²) in [5.74, 6) is 0.345. The van der Waals surface area contributed by atoms with Crippen LogP contribution in [-0.4, -0.2) is 20.4 Å². The van der Waals surface area contributed by atoms with Gasteiger partial charge in [0.15, 0.2) is 0 Å². The van der Waals surface area contributed by atoms with Crippen molar-refractivity contribution in [3.05, 3.63) is 148 Å². The van der Waals surface area contributed by atoms with Crippen LogP contribution in [0, 0.1) is 6.92 Å². The number of para-hydroxylation sites is 1. The molecule has 0 aliphatic heterocycles. The molecule has 0 radical (unpaired) electrons. The van der Waals surface area contributed by atoms with Crippen LogP contribution < -0.4 is 5.56 Å². The number of aromatic nitrogens is 2. The zero-order chi connectivity index (χ0) is 26.5. The second-order valence-electron chi connectivity index (χ2n) is 9.33. The standard InChI is InChI=1S/C33H29N3O2/c1-24-17-20-28(21-18-24)36-32(34-30-16-10-9-15-29(30)33(36)38)25(2)35(23-27-13-7-4-8-14-27)31(37)22-19-26-11-5-3-6-12-26/h3-22,25H,23H2,1-2H3. The van der Waals surface area contributed by atoms with Crippen LogP contribution in [-0.2, 0) is 11.3 Å². The lowest BCUT2D eigenvalue weighted by molar-refractivity contribution is -0.128. The van der Waals surface area contributed by atoms with Gasteiger partial charge in [0.1, 0.15) is 5.82 Å². The fourth-order valence-corrected chi connectivity index (χ4v) is 4.53. The number of hydrogen-bond acceptors (Lipinski definition) is 3. The smallest absolute Gasteiger partial charge is 0.266 e. The molecule has 0 saturated carbocycles. The van der Waals surface area contributed by atoms with E-state index in [2.05, 4.69) is 0 Å². The lowest BCUT2D eigenvalue weighted by atomic mass is 10.1. The summed E-state index contributed by atoms with van der Waals surface area (Å²) >= 11 is 0. The predicted molar refractivity (Wildman–Crippen MR) is 153 cm³/mol. The maximum atomic E-state index is 13.8. The van der Waals surface area contributed by atoms with Gasteiger partial charge in [0.05, 0.1) is 22.6 Å². The Bertz CT molecular complexity index is 1640. The lowest BCUT2D eigenvalue weighted by Gasteiger charge is -2.30. The molecule has 0 N–H and O–H groups in total. The molecular formula is C33H29N3O2. The molecule has 0 aliphatic rings. The van der Waals surface area contributed by atoms with Gasteiger partial charge >= 0.3 is 0 Å². The van der Waals surface area contributed by atoms with E-state index in [1.807, 2.05) is 123 Å². The molecule has 1 heterocycles. The van der Waals surface area contributed by atoms with Crippen molar-refractivity contribution in [3.63, 3.8) is 0 Å². The molecule has 0 spiro atoms. The van der Waals surface area contributed by atoms with Crippen LogP contribution in [0.15, 0.2) is 120 Å². The van der Waals surface area contributed by atoms with Gasteiger partial charge in [-0.25, -0.2) is 4.98 Å². The van der Waals surface area contributed by atoms with Gasteiger partial charge in [-0.3, -0.25) is 14.2 Å². The Kier molecular flexibility index (Phi) is 7.27. The Morgan fingerprint density at radius 2 is 1.50 bits per heavy atom. The summed E-state index contributed by atoms with van der Waals surface area (Å²) in [6.45, 7) is 4.31. The van der Waals surface area contributed by atoms with Crippen molar-refractivity contribution in [2.45, 2.75) is 26.4 Å². The van der Waals surface area contributed by atoms with E-state index < -0.39 is 6.04 Å². The Hall–Kier alpha value is -4.77. The van der Waals surface area contributed by atoms with E-state index in [4.69, 9.17) is 4.98 Å². The Balaban J connectivity index is 1.64. The summed E-state index contributed by atoms with van der Waals surface area (Å²) in [4.78, 5) is 34.2. The van der Waals surface area contributed by atoms with Gasteiger partial charge < -0.3 is 4.90 Å². The third-order valence-corrected chi connectivity index (χ3v) is 6.63. The first-order chi connectivity index (χ1) is 18.5. The van der Waals surface area contributed by atoms with Gasteiger partial charge in [-0.2, -0.15) is 0 Å². The minimum atomic E-state index is -0.498. The molecule has 188 valence electrons. The van der Waals surface area contributed by atoms with Crippen molar-refractivity contribution in [3.8, 4) is 5.69 Å². The van der Waals surface area contributed by atoms with E-state index >= 15 is 0 Å². The van der Waals surface area contributed by atoms with E-state index in [9.17, 15) is 9.59 Å². The van der Waals surface area contributed by atoms with Crippen molar-refractivity contribution in [2.24, 2.45) is 0 Å². The van der Waals surface area contributed by atoms with Crippen LogP contribution in [0.5, 0.6) is 0 Å². The molecule has 0 saturated heterocycles. The minimum Gasteiger partial charge on any atom is -0.325 e. The molecule has 0 aliphatic carbocycles. The highest BCUT2D eigenvalue weighted by atomic mass is 16.2. The van der Waals surface area contributed by atoms with Crippen LogP contribution in [0.4, 0.5) is 0 Å². The fraction of sp³-hybridized carbons (Fsp3) is 0.121. The molecule has 1 atom stereocenters. The topological polar surface area (TPSA) is 55.2 Å². The number of nitrogens with zero attached hydrogens (tertiary/aromatic N) is 3. The second kappa shape index (κ2) is 11.1. The van der Waals surface area contributed by atoms with Crippen molar-refractivity contribution < 1.29 is 4.79 Å². The van der Waals surface area contributed by atoms with Gasteiger partial charge in [-0.05, 0) is 55.3 Å². The average molecular weight is 500 g/mol. The molecule has 5 heteroatoms. The number of benzene rings is 4. The third-order valence-electron chi connectivity index (χ3n) is 6.63. The highest BCUT2D eigenvalue weighted by Gasteiger charge is 2.26. The molecule has 5 aromatic rings. The van der Waals surface area contributed by atoms with Crippen molar-refractivity contribution in [1.82, 2.24) is 14.5 Å². The van der Waals surface area contributed by atoms with Gasteiger partial charge in [0.25, 0.3) is 5.56 Å². The van der Waals surface area contributed by atoms with E-state index in [-0.39, 0.29) is 11.5 Å². The maximum Gasteiger partial charge on any atom is 0.266 e. The monoisotopic (exact) mass is 499 g/mol. The molecule has 1 aromatic heterocycles. The molecule has 1 amide bonds. The van der Waals surface area contributed by atoms with E-state index in [0.29, 0.717) is 29.0 Å². The Labute approximate surface area is 222 Å². The fourth-order valence-electron chi connectivity index (χ4n) is 4.53. The van der Waals surface area contributed by atoms with Crippen LogP contribution in [0.2, 0.25) is 0 Å². The van der Waals surface area contributed by atoms with Crippen molar-refractivity contribution >= 4 is 22.9 Å². The first-order valence-electron chi connectivity index (χ1n) is 12.7. The summed E-state index contributed by atoms with van der Waals surface area (Å²) in [7, 11) is 0. The molecule has 0 bridgehead atoms. The van der Waals surface area contributed by atoms with Crippen molar-refractivity contribution in [2.75, 3.05) is 0 Å². The molecule has 4 aromatic carbocycles. The summed E-state index contributed by atoms with van der Waals surface area (Å²) < 4.78 is 1.64. The molecule has 0 fully saturated rings. The molecule has 5 nitrogen and oxygen atoms in total. The number of fused-ring (bicyclic) bond motifs is 1. The first kappa shape index (κ1) is 24.9. The largest absolute Gasteiger partial charge is 0.325 e. The first-order valence-corrected chi connectivity index (χ1v) is 12.7. The van der Waals surface area contributed by atoms with Crippen LogP contribution >= 0.6 is 0 Å². The normalized spacial score (nSPS) is 12.1. The van der Waals surface area contributed by atoms with Crippen LogP contribution in [0.3, 0.4) is 0 Å². The number of carbonyl (C=O) groups excluding carboxylic acids is 1. The summed E-state index contributed by atoms with van der Waals surface area (Å²) in [5.41, 5.74) is 4.19. The summed E-state index contributed by atoms with van der Waals surface area (Å²) in [5, 5.41) is 0.536. The van der Waals surface area contributed by atoms with Gasteiger partial charge in [-0.1, -0.05) is 90.5 Å². The summed E-state index contributed by atoms with van der Waals surface area (Å²) in [6.07, 6.45) is 3.40.